The first-order valence-electron chi connectivity index (χ1n) is 10.7. The molecule has 5 rings (SSSR count). The quantitative estimate of drug-likeness (QED) is 0.234. The highest BCUT2D eigenvalue weighted by atomic mass is 79.9. The summed E-state index contributed by atoms with van der Waals surface area (Å²) in [6.45, 7) is 3.69. The fourth-order valence-electron chi connectivity index (χ4n) is 4.23. The highest BCUT2D eigenvalue weighted by Gasteiger charge is 2.28. The number of nitrogens with one attached hydrogen (secondary N) is 1. The van der Waals surface area contributed by atoms with Gasteiger partial charge in [0.2, 0.25) is 6.41 Å². The summed E-state index contributed by atoms with van der Waals surface area (Å²) in [7, 11) is 0. The van der Waals surface area contributed by atoms with Crippen molar-refractivity contribution in [2.24, 2.45) is 0 Å². The lowest BCUT2D eigenvalue weighted by molar-refractivity contribution is -0.671. The fourth-order valence-corrected chi connectivity index (χ4v) is 4.40. The lowest BCUT2D eigenvalue weighted by Gasteiger charge is -2.17. The number of halogens is 2. The number of fused-ring (bicyclic) bond motifs is 2. The highest BCUT2D eigenvalue weighted by Crippen LogP contribution is 2.25. The van der Waals surface area contributed by atoms with Gasteiger partial charge in [0.15, 0.2) is 28.3 Å². The lowest BCUT2D eigenvalue weighted by atomic mass is 10.2. The van der Waals surface area contributed by atoms with Gasteiger partial charge in [-0.05, 0) is 30.7 Å². The number of H-pyrrole nitrogens is 1. The molecule has 0 aliphatic heterocycles. The number of carbonyl (C=O) groups excluding carboxylic acids is 1. The molecule has 0 aliphatic carbocycles. The van der Waals surface area contributed by atoms with Crippen LogP contribution >= 0.6 is 11.6 Å². The summed E-state index contributed by atoms with van der Waals surface area (Å²) >= 11 is 6.34. The van der Waals surface area contributed by atoms with E-state index in [-0.39, 0.29) is 29.3 Å². The molecule has 34 heavy (non-hydrogen) atoms. The zero-order chi connectivity index (χ0) is 22.9. The molecular weight excluding hydrogens is 518 g/mol. The van der Waals surface area contributed by atoms with Crippen molar-refractivity contribution in [3.05, 3.63) is 77.2 Å². The van der Waals surface area contributed by atoms with Crippen molar-refractivity contribution in [1.82, 2.24) is 19.5 Å². The molecule has 3 aromatic heterocycles. The van der Waals surface area contributed by atoms with E-state index in [1.807, 2.05) is 36.4 Å². The van der Waals surface area contributed by atoms with Crippen LogP contribution in [-0.2, 0) is 24.4 Å². The molecule has 0 aliphatic rings. The van der Waals surface area contributed by atoms with Crippen molar-refractivity contribution in [2.45, 2.75) is 26.6 Å². The third-order valence-corrected chi connectivity index (χ3v) is 5.98. The molecule has 0 radical (unpaired) electrons. The molecule has 0 saturated carbocycles. The average molecular weight is 541 g/mol. The van der Waals surface area contributed by atoms with Crippen molar-refractivity contribution >= 4 is 51.8 Å². The second-order valence-corrected chi connectivity index (χ2v) is 8.18. The molecule has 0 spiro atoms. The first-order chi connectivity index (χ1) is 16.1. The molecule has 0 atom stereocenters. The fraction of sp³-hybridized carbons (Fsp3) is 0.167. The van der Waals surface area contributed by atoms with E-state index in [0.717, 1.165) is 28.8 Å². The van der Waals surface area contributed by atoms with Crippen LogP contribution in [0.1, 0.15) is 18.3 Å². The van der Waals surface area contributed by atoms with Gasteiger partial charge in [0, 0.05) is 17.3 Å². The van der Waals surface area contributed by atoms with Crippen LogP contribution in [0.15, 0.2) is 60.8 Å². The minimum Gasteiger partial charge on any atom is -1.00 e. The monoisotopic (exact) mass is 539 g/mol. The Labute approximate surface area is 211 Å². The van der Waals surface area contributed by atoms with Crippen LogP contribution in [0, 0.1) is 0 Å². The van der Waals surface area contributed by atoms with Crippen LogP contribution < -0.4 is 32.2 Å². The number of anilines is 2. The number of aryl methyl sites for hydroxylation is 1. The summed E-state index contributed by atoms with van der Waals surface area (Å²) in [4.78, 5) is 25.7. The van der Waals surface area contributed by atoms with Crippen molar-refractivity contribution < 1.29 is 26.3 Å². The van der Waals surface area contributed by atoms with Crippen LogP contribution in [0.4, 0.5) is 11.6 Å². The number of aromatic nitrogens is 5. The number of nitrogen functional groups attached to an aromatic ring is 1. The Balaban J connectivity index is 0.00000274. The highest BCUT2D eigenvalue weighted by molar-refractivity contribution is 6.31. The van der Waals surface area contributed by atoms with Crippen LogP contribution in [0.3, 0.4) is 0 Å². The van der Waals surface area contributed by atoms with E-state index in [1.54, 1.807) is 12.3 Å². The van der Waals surface area contributed by atoms with Gasteiger partial charge in [0.25, 0.3) is 5.82 Å². The number of nitrogens with zero attached hydrogens (tertiary/aromatic N) is 5. The number of imidazole rings is 1. The van der Waals surface area contributed by atoms with Gasteiger partial charge in [-0.2, -0.15) is 0 Å². The van der Waals surface area contributed by atoms with Gasteiger partial charge in [-0.15, -0.1) is 0 Å². The normalized spacial score (nSPS) is 11.0. The molecule has 8 nitrogen and oxygen atoms in total. The average Bonchev–Trinajstić information content (AvgIpc) is 3.39. The molecule has 0 unspecified atom stereocenters. The molecule has 0 bridgehead atoms. The summed E-state index contributed by atoms with van der Waals surface area (Å²) in [6, 6.07) is 17.9. The molecule has 174 valence electrons. The summed E-state index contributed by atoms with van der Waals surface area (Å²) in [5.41, 5.74) is 10.6. The minimum atomic E-state index is 0. The third-order valence-electron chi connectivity index (χ3n) is 5.74. The Bertz CT molecular complexity index is 1470. The van der Waals surface area contributed by atoms with E-state index >= 15 is 0 Å². The van der Waals surface area contributed by atoms with E-state index in [2.05, 4.69) is 43.1 Å². The molecule has 0 fully saturated rings. The van der Waals surface area contributed by atoms with Crippen LogP contribution in [-0.4, -0.2) is 25.9 Å². The van der Waals surface area contributed by atoms with Gasteiger partial charge in [0.05, 0.1) is 6.54 Å². The molecular formula is C24H23BrClN7O. The number of nitrogens with two attached hydrogens (primary N) is 1. The van der Waals surface area contributed by atoms with E-state index in [4.69, 9.17) is 17.3 Å². The van der Waals surface area contributed by atoms with Crippen LogP contribution in [0.2, 0.25) is 5.02 Å². The predicted molar refractivity (Wildman–Crippen MR) is 129 cm³/mol. The number of rotatable bonds is 7. The minimum absolute atomic E-state index is 0. The van der Waals surface area contributed by atoms with Crippen LogP contribution in [0.25, 0.3) is 22.2 Å². The number of hydrogen-bond acceptors (Lipinski definition) is 4. The van der Waals surface area contributed by atoms with Gasteiger partial charge in [-0.1, -0.05) is 41.9 Å². The Hall–Kier alpha value is -3.43. The Morgan fingerprint density at radius 2 is 1.97 bits per heavy atom. The van der Waals surface area contributed by atoms with Crippen molar-refractivity contribution in [3.8, 4) is 0 Å². The maximum absolute atomic E-state index is 12.2. The molecule has 1 amide bonds. The molecule has 10 heteroatoms. The Morgan fingerprint density at radius 3 is 2.71 bits per heavy atom. The second-order valence-electron chi connectivity index (χ2n) is 7.74. The standard InChI is InChI=1S/C24H23ClN7O.BrH/c1-2-31-20-12-17(25)8-9-19(20)32(13-16-6-4-3-5-7-16)21(31)14-30(15-33)24-22(26)29-23-18(28-24)10-11-27-23;/h3-12,15H,2,13-14H2,1H3,(H3,26,27,29);1H/q+1;/p-1. The maximum atomic E-state index is 12.2. The maximum Gasteiger partial charge on any atom is 0.278 e. The lowest BCUT2D eigenvalue weighted by Crippen LogP contribution is -3.00. The molecule has 0 saturated heterocycles. The zero-order valence-corrected chi connectivity index (χ0v) is 20.8. The summed E-state index contributed by atoms with van der Waals surface area (Å²) in [5, 5.41) is 0.661. The van der Waals surface area contributed by atoms with Crippen molar-refractivity contribution in [2.75, 3.05) is 10.6 Å². The van der Waals surface area contributed by atoms with E-state index in [9.17, 15) is 4.79 Å². The van der Waals surface area contributed by atoms with Gasteiger partial charge in [-0.3, -0.25) is 9.69 Å². The van der Waals surface area contributed by atoms with Gasteiger partial charge in [0.1, 0.15) is 18.6 Å². The number of benzene rings is 2. The van der Waals surface area contributed by atoms with Gasteiger partial charge < -0.3 is 27.7 Å². The number of hydrogen-bond donors (Lipinski definition) is 2. The first-order valence-corrected chi connectivity index (χ1v) is 11.0. The molecule has 3 heterocycles. The van der Waals surface area contributed by atoms with E-state index in [0.29, 0.717) is 35.1 Å². The zero-order valence-electron chi connectivity index (χ0n) is 18.4. The molecule has 2 aromatic carbocycles. The summed E-state index contributed by atoms with van der Waals surface area (Å²) in [5.74, 6) is 1.45. The number of carbonyl (C=O) groups is 1. The smallest absolute Gasteiger partial charge is 0.278 e. The molecule has 3 N–H and O–H groups in total. The number of amides is 1. The first kappa shape index (κ1) is 23.7. The number of aromatic amines is 1. The van der Waals surface area contributed by atoms with E-state index < -0.39 is 0 Å². The van der Waals surface area contributed by atoms with Crippen molar-refractivity contribution in [3.63, 3.8) is 0 Å². The largest absolute Gasteiger partial charge is 1.00 e. The summed E-state index contributed by atoms with van der Waals surface area (Å²) in [6.07, 6.45) is 2.49. The predicted octanol–water partition coefficient (Wildman–Crippen LogP) is 0.671. The van der Waals surface area contributed by atoms with Crippen molar-refractivity contribution in [1.29, 1.82) is 0 Å². The summed E-state index contributed by atoms with van der Waals surface area (Å²) < 4.78 is 4.37. The topological polar surface area (TPSA) is 96.7 Å². The second kappa shape index (κ2) is 9.82. The third kappa shape index (κ3) is 4.24. The SMILES string of the molecule is CCn1c(CN(C=O)c2nc3cc[nH]c3nc2N)[n+](Cc2ccccc2)c2ccc(Cl)cc21.[Br-]. The van der Waals surface area contributed by atoms with Crippen LogP contribution in [0.5, 0.6) is 0 Å². The Kier molecular flexibility index (Phi) is 6.85. The van der Waals surface area contributed by atoms with Gasteiger partial charge >= 0.3 is 0 Å². The van der Waals surface area contributed by atoms with E-state index in [1.165, 1.54) is 4.90 Å². The van der Waals surface area contributed by atoms with Gasteiger partial charge in [-0.25, -0.2) is 19.1 Å². The Morgan fingerprint density at radius 1 is 1.18 bits per heavy atom. The molecule has 5 aromatic rings.